The first-order valence-electron chi connectivity index (χ1n) is 4.48. The van der Waals surface area contributed by atoms with Crippen LogP contribution in [0.5, 0.6) is 0 Å². The molecule has 0 aromatic carbocycles. The molecule has 1 aliphatic rings. The van der Waals surface area contributed by atoms with Crippen molar-refractivity contribution < 1.29 is 0 Å². The van der Waals surface area contributed by atoms with Gasteiger partial charge in [0.05, 0.1) is 0 Å². The van der Waals surface area contributed by atoms with Crippen LogP contribution in [-0.2, 0) is 0 Å². The summed E-state index contributed by atoms with van der Waals surface area (Å²) in [6, 6.07) is 0. The molecule has 0 heterocycles. The predicted molar refractivity (Wildman–Crippen MR) is 63.5 cm³/mol. The Morgan fingerprint density at radius 1 is 1.46 bits per heavy atom. The fourth-order valence-electron chi connectivity index (χ4n) is 1.49. The van der Waals surface area contributed by atoms with E-state index in [1.165, 1.54) is 16.5 Å². The van der Waals surface area contributed by atoms with Gasteiger partial charge in [0.2, 0.25) is 0 Å². The van der Waals surface area contributed by atoms with Crippen molar-refractivity contribution in [1.82, 2.24) is 0 Å². The average Bonchev–Trinajstić information content (AvgIpc) is 2.46. The van der Waals surface area contributed by atoms with Gasteiger partial charge < -0.3 is 0 Å². The van der Waals surface area contributed by atoms with Crippen LogP contribution in [0, 0.1) is 5.92 Å². The van der Waals surface area contributed by atoms with Crippen molar-refractivity contribution in [3.05, 3.63) is 47.3 Å². The van der Waals surface area contributed by atoms with Crippen molar-refractivity contribution in [2.75, 3.05) is 6.66 Å². The second-order valence-corrected chi connectivity index (χ2v) is 4.69. The molecule has 0 amide bonds. The highest BCUT2D eigenvalue weighted by molar-refractivity contribution is 7.42. The Kier molecular flexibility index (Phi) is 3.27. The first-order valence-corrected chi connectivity index (χ1v) is 5.98. The van der Waals surface area contributed by atoms with Gasteiger partial charge in [-0.05, 0) is 31.4 Å². The summed E-state index contributed by atoms with van der Waals surface area (Å²) in [6.45, 7) is 14.4. The monoisotopic (exact) mass is 192 g/mol. The average molecular weight is 192 g/mol. The summed E-state index contributed by atoms with van der Waals surface area (Å²) >= 11 is 0. The first-order chi connectivity index (χ1) is 6.06. The lowest BCUT2D eigenvalue weighted by atomic mass is 10.1. The van der Waals surface area contributed by atoms with Crippen molar-refractivity contribution in [3.63, 3.8) is 0 Å². The van der Waals surface area contributed by atoms with E-state index in [0.29, 0.717) is 5.92 Å². The third-order valence-corrected chi connectivity index (χ3v) is 3.36. The van der Waals surface area contributed by atoms with Crippen molar-refractivity contribution in [2.45, 2.75) is 13.8 Å². The summed E-state index contributed by atoms with van der Waals surface area (Å²) < 4.78 is 0. The topological polar surface area (TPSA) is 0 Å². The Morgan fingerprint density at radius 2 is 2.08 bits per heavy atom. The summed E-state index contributed by atoms with van der Waals surface area (Å²) in [5, 5.41) is 1.32. The summed E-state index contributed by atoms with van der Waals surface area (Å²) in [4.78, 5) is 0. The van der Waals surface area contributed by atoms with Gasteiger partial charge in [-0.25, -0.2) is 0 Å². The van der Waals surface area contributed by atoms with E-state index < -0.39 is 0 Å². The molecule has 1 rings (SSSR count). The van der Waals surface area contributed by atoms with E-state index in [4.69, 9.17) is 0 Å². The van der Waals surface area contributed by atoms with Crippen LogP contribution in [0.3, 0.4) is 0 Å². The van der Waals surface area contributed by atoms with E-state index in [9.17, 15) is 0 Å². The largest absolute Gasteiger partial charge is 0.0977 e. The molecule has 0 saturated carbocycles. The molecule has 0 radical (unpaired) electrons. The zero-order chi connectivity index (χ0) is 10.0. The number of rotatable bonds is 3. The molecule has 1 heteroatoms. The number of hydrogen-bond acceptors (Lipinski definition) is 0. The Morgan fingerprint density at radius 3 is 2.46 bits per heavy atom. The van der Waals surface area contributed by atoms with Crippen LogP contribution in [0.4, 0.5) is 0 Å². The molecule has 0 saturated heterocycles. The highest BCUT2D eigenvalue weighted by Gasteiger charge is 2.17. The zero-order valence-electron chi connectivity index (χ0n) is 8.65. The van der Waals surface area contributed by atoms with E-state index in [-0.39, 0.29) is 0 Å². The van der Waals surface area contributed by atoms with Gasteiger partial charge in [-0.1, -0.05) is 45.0 Å². The molecule has 0 aromatic rings. The maximum atomic E-state index is 4.10. The highest BCUT2D eigenvalue weighted by Crippen LogP contribution is 2.37. The molecule has 0 fully saturated rings. The molecule has 13 heavy (non-hydrogen) atoms. The predicted octanol–water partition coefficient (Wildman–Crippen LogP) is 3.89. The van der Waals surface area contributed by atoms with Crippen molar-refractivity contribution in [2.24, 2.45) is 5.92 Å². The van der Waals surface area contributed by atoms with Gasteiger partial charge in [0, 0.05) is 5.92 Å². The molecule has 0 nitrogen and oxygen atoms in total. The fourth-order valence-corrected chi connectivity index (χ4v) is 2.11. The van der Waals surface area contributed by atoms with Crippen LogP contribution in [0.1, 0.15) is 13.8 Å². The molecule has 70 valence electrons. The molecule has 2 atom stereocenters. The Hall–Kier alpha value is -0.610. The normalized spacial score (nSPS) is 21.9. The Labute approximate surface area is 82.9 Å². The van der Waals surface area contributed by atoms with Gasteiger partial charge in [0.25, 0.3) is 0 Å². The zero-order valence-corrected chi connectivity index (χ0v) is 9.65. The second-order valence-electron chi connectivity index (χ2n) is 3.54. The van der Waals surface area contributed by atoms with E-state index >= 15 is 0 Å². The van der Waals surface area contributed by atoms with Crippen LogP contribution < -0.4 is 0 Å². The summed E-state index contributed by atoms with van der Waals surface area (Å²) in [5.74, 6) is 0.468. The standard InChI is InChI=1S/C12H17P/c1-8(2)11-6-9(3)12(7-11)10(4)13-5/h6-7,12-13H,1,4H2,2-3,5H3. The fraction of sp³-hybridized carbons (Fsp3) is 0.333. The quantitative estimate of drug-likeness (QED) is 0.595. The number of allylic oxidation sites excluding steroid dienone is 6. The highest BCUT2D eigenvalue weighted by atomic mass is 31.1. The second kappa shape index (κ2) is 4.07. The first kappa shape index (κ1) is 10.5. The molecular weight excluding hydrogens is 175 g/mol. The maximum absolute atomic E-state index is 4.10. The maximum Gasteiger partial charge on any atom is 0.0233 e. The van der Waals surface area contributed by atoms with Gasteiger partial charge in [-0.3, -0.25) is 0 Å². The van der Waals surface area contributed by atoms with Gasteiger partial charge in [-0.15, -0.1) is 0 Å². The number of hydrogen-bond donors (Lipinski definition) is 0. The third kappa shape index (κ3) is 2.19. The Bertz CT molecular complexity index is 305. The molecule has 0 bridgehead atoms. The van der Waals surface area contributed by atoms with E-state index in [2.05, 4.69) is 45.8 Å². The van der Waals surface area contributed by atoms with Crippen LogP contribution in [0.15, 0.2) is 47.3 Å². The van der Waals surface area contributed by atoms with Gasteiger partial charge in [0.15, 0.2) is 0 Å². The lowest BCUT2D eigenvalue weighted by molar-refractivity contribution is 0.975. The van der Waals surface area contributed by atoms with E-state index in [1.807, 2.05) is 0 Å². The molecular formula is C12H17P. The van der Waals surface area contributed by atoms with Crippen molar-refractivity contribution >= 4 is 8.58 Å². The molecule has 0 N–H and O–H groups in total. The summed E-state index contributed by atoms with van der Waals surface area (Å²) in [7, 11) is 0.825. The van der Waals surface area contributed by atoms with Gasteiger partial charge >= 0.3 is 0 Å². The SMILES string of the molecule is C=C(C)C1=CC(C(=C)PC)C(C)=C1. The minimum atomic E-state index is 0.468. The Balaban J connectivity index is 2.89. The van der Waals surface area contributed by atoms with E-state index in [0.717, 1.165) is 14.2 Å². The molecule has 0 aliphatic heterocycles. The van der Waals surface area contributed by atoms with Crippen LogP contribution >= 0.6 is 8.58 Å². The molecule has 1 aliphatic carbocycles. The minimum Gasteiger partial charge on any atom is -0.0977 e. The lowest BCUT2D eigenvalue weighted by Gasteiger charge is -2.10. The summed E-state index contributed by atoms with van der Waals surface area (Å²) in [6.07, 6.45) is 4.49. The van der Waals surface area contributed by atoms with Crippen LogP contribution in [0.25, 0.3) is 0 Å². The summed E-state index contributed by atoms with van der Waals surface area (Å²) in [5.41, 5.74) is 3.83. The molecule has 0 aromatic heterocycles. The van der Waals surface area contributed by atoms with Crippen molar-refractivity contribution in [3.8, 4) is 0 Å². The molecule has 0 spiro atoms. The molecule has 2 unspecified atom stereocenters. The smallest absolute Gasteiger partial charge is 0.0233 e. The van der Waals surface area contributed by atoms with Gasteiger partial charge in [-0.2, -0.15) is 0 Å². The van der Waals surface area contributed by atoms with E-state index in [1.54, 1.807) is 0 Å². The van der Waals surface area contributed by atoms with Crippen molar-refractivity contribution in [1.29, 1.82) is 0 Å². The third-order valence-electron chi connectivity index (χ3n) is 2.41. The van der Waals surface area contributed by atoms with Crippen LogP contribution in [0.2, 0.25) is 0 Å². The van der Waals surface area contributed by atoms with Crippen LogP contribution in [-0.4, -0.2) is 6.66 Å². The van der Waals surface area contributed by atoms with Gasteiger partial charge in [0.1, 0.15) is 0 Å². The lowest BCUT2D eigenvalue weighted by Crippen LogP contribution is -1.93. The minimum absolute atomic E-state index is 0.468.